The molecule has 1 aromatic heterocycles. The van der Waals surface area contributed by atoms with Gasteiger partial charge < -0.3 is 4.74 Å². The predicted octanol–water partition coefficient (Wildman–Crippen LogP) is 2.00. The van der Waals surface area contributed by atoms with E-state index in [4.69, 9.17) is 16.3 Å². The standard InChI is InChI=1S/C10H7ClF2N4O2/c1-19-10-15-9(16-17-10)14-8(18)4-2-6(12)7(13)3-5(4)11/h2-3H,1H3,(H2,14,15,16,17,18). The van der Waals surface area contributed by atoms with Crippen molar-refractivity contribution in [1.82, 2.24) is 15.2 Å². The number of anilines is 1. The second-order valence-electron chi connectivity index (χ2n) is 3.37. The number of nitrogens with one attached hydrogen (secondary N) is 2. The first kappa shape index (κ1) is 13.2. The monoisotopic (exact) mass is 288 g/mol. The number of methoxy groups -OCH3 is 1. The van der Waals surface area contributed by atoms with Crippen LogP contribution in [0.25, 0.3) is 0 Å². The fraction of sp³-hybridized carbons (Fsp3) is 0.100. The van der Waals surface area contributed by atoms with Crippen LogP contribution >= 0.6 is 11.6 Å². The van der Waals surface area contributed by atoms with Gasteiger partial charge in [0.05, 0.1) is 17.7 Å². The Labute approximate surface area is 110 Å². The van der Waals surface area contributed by atoms with Gasteiger partial charge in [-0.05, 0) is 12.1 Å². The molecule has 0 fully saturated rings. The van der Waals surface area contributed by atoms with Crippen LogP contribution in [0.3, 0.4) is 0 Å². The summed E-state index contributed by atoms with van der Waals surface area (Å²) in [6.07, 6.45) is 0. The second-order valence-corrected chi connectivity index (χ2v) is 3.78. The highest BCUT2D eigenvalue weighted by Crippen LogP contribution is 2.21. The van der Waals surface area contributed by atoms with Crippen LogP contribution in [0.2, 0.25) is 5.02 Å². The number of carbonyl (C=O) groups excluding carboxylic acids is 1. The maximum Gasteiger partial charge on any atom is 0.336 e. The first-order valence-corrected chi connectivity index (χ1v) is 5.31. The van der Waals surface area contributed by atoms with Gasteiger partial charge in [0.2, 0.25) is 5.95 Å². The van der Waals surface area contributed by atoms with Gasteiger partial charge in [-0.1, -0.05) is 11.6 Å². The zero-order chi connectivity index (χ0) is 14.0. The molecule has 0 atom stereocenters. The van der Waals surface area contributed by atoms with Gasteiger partial charge in [-0.2, -0.15) is 4.98 Å². The number of nitrogens with zero attached hydrogens (tertiary/aromatic N) is 2. The van der Waals surface area contributed by atoms with Crippen molar-refractivity contribution in [2.24, 2.45) is 0 Å². The van der Waals surface area contributed by atoms with Crippen molar-refractivity contribution in [3.8, 4) is 6.01 Å². The van der Waals surface area contributed by atoms with Crippen LogP contribution in [-0.4, -0.2) is 28.2 Å². The summed E-state index contributed by atoms with van der Waals surface area (Å²) in [4.78, 5) is 15.5. The molecule has 0 aliphatic carbocycles. The van der Waals surface area contributed by atoms with Crippen molar-refractivity contribution in [1.29, 1.82) is 0 Å². The normalized spacial score (nSPS) is 10.3. The van der Waals surface area contributed by atoms with Crippen LogP contribution in [0.1, 0.15) is 10.4 Å². The molecule has 0 bridgehead atoms. The van der Waals surface area contributed by atoms with E-state index in [9.17, 15) is 13.6 Å². The molecule has 0 unspecified atom stereocenters. The van der Waals surface area contributed by atoms with E-state index in [1.807, 2.05) is 0 Å². The van der Waals surface area contributed by atoms with Gasteiger partial charge in [-0.3, -0.25) is 10.1 Å². The SMILES string of the molecule is COc1n[nH]c(NC(=O)c2cc(F)c(F)cc2Cl)n1. The van der Waals surface area contributed by atoms with Crippen LogP contribution in [0.4, 0.5) is 14.7 Å². The summed E-state index contributed by atoms with van der Waals surface area (Å²) in [5, 5.41) is 8.03. The molecule has 1 aromatic carbocycles. The lowest BCUT2D eigenvalue weighted by atomic mass is 10.2. The summed E-state index contributed by atoms with van der Waals surface area (Å²) < 4.78 is 30.6. The molecule has 0 aliphatic heterocycles. The Morgan fingerprint density at radius 3 is 2.74 bits per heavy atom. The molecule has 2 N–H and O–H groups in total. The van der Waals surface area contributed by atoms with Gasteiger partial charge >= 0.3 is 6.01 Å². The minimum atomic E-state index is -1.18. The molecule has 0 aliphatic rings. The van der Waals surface area contributed by atoms with Crippen molar-refractivity contribution in [3.63, 3.8) is 0 Å². The van der Waals surface area contributed by atoms with Gasteiger partial charge in [-0.25, -0.2) is 13.9 Å². The summed E-state index contributed by atoms with van der Waals surface area (Å²) in [6, 6.07) is 1.43. The molecule has 2 aromatic rings. The van der Waals surface area contributed by atoms with E-state index >= 15 is 0 Å². The van der Waals surface area contributed by atoms with E-state index in [1.54, 1.807) is 0 Å². The summed E-state index contributed by atoms with van der Waals surface area (Å²) >= 11 is 5.66. The number of aromatic nitrogens is 3. The van der Waals surface area contributed by atoms with Crippen molar-refractivity contribution in [2.45, 2.75) is 0 Å². The third kappa shape index (κ3) is 2.79. The van der Waals surface area contributed by atoms with E-state index in [0.717, 1.165) is 0 Å². The second kappa shape index (κ2) is 5.19. The Hall–Kier alpha value is -2.22. The van der Waals surface area contributed by atoms with Crippen LogP contribution < -0.4 is 10.1 Å². The highest BCUT2D eigenvalue weighted by Gasteiger charge is 2.16. The topological polar surface area (TPSA) is 79.9 Å². The Balaban J connectivity index is 2.22. The lowest BCUT2D eigenvalue weighted by molar-refractivity contribution is 0.102. The molecule has 2 rings (SSSR count). The molecule has 9 heteroatoms. The molecular formula is C10H7ClF2N4O2. The molecule has 1 amide bonds. The predicted molar refractivity (Wildman–Crippen MR) is 62.3 cm³/mol. The number of carbonyl (C=O) groups is 1. The molecule has 6 nitrogen and oxygen atoms in total. The smallest absolute Gasteiger partial charge is 0.336 e. The third-order valence-electron chi connectivity index (χ3n) is 2.13. The van der Waals surface area contributed by atoms with Crippen molar-refractivity contribution in [3.05, 3.63) is 34.4 Å². The molecule has 0 spiro atoms. The molecule has 0 saturated heterocycles. The average molecular weight is 289 g/mol. The van der Waals surface area contributed by atoms with E-state index in [2.05, 4.69) is 20.5 Å². The Kier molecular flexibility index (Phi) is 3.61. The summed E-state index contributed by atoms with van der Waals surface area (Å²) in [5.74, 6) is -3.09. The van der Waals surface area contributed by atoms with Crippen LogP contribution in [0, 0.1) is 11.6 Å². The number of hydrogen-bond acceptors (Lipinski definition) is 4. The van der Waals surface area contributed by atoms with E-state index in [1.165, 1.54) is 7.11 Å². The molecule has 100 valence electrons. The van der Waals surface area contributed by atoms with Crippen LogP contribution in [0.15, 0.2) is 12.1 Å². The lowest BCUT2D eigenvalue weighted by Gasteiger charge is -2.04. The van der Waals surface area contributed by atoms with Crippen molar-refractivity contribution >= 4 is 23.5 Å². The van der Waals surface area contributed by atoms with Gasteiger partial charge in [0.1, 0.15) is 0 Å². The number of halogens is 3. The maximum atomic E-state index is 13.0. The van der Waals surface area contributed by atoms with Gasteiger partial charge in [0.15, 0.2) is 11.6 Å². The number of benzene rings is 1. The van der Waals surface area contributed by atoms with Crippen LogP contribution in [0.5, 0.6) is 6.01 Å². The van der Waals surface area contributed by atoms with Crippen LogP contribution in [-0.2, 0) is 0 Å². The Morgan fingerprint density at radius 1 is 1.42 bits per heavy atom. The van der Waals surface area contributed by atoms with E-state index < -0.39 is 17.5 Å². The molecule has 19 heavy (non-hydrogen) atoms. The fourth-order valence-corrected chi connectivity index (χ4v) is 1.50. The zero-order valence-corrected chi connectivity index (χ0v) is 10.3. The van der Waals surface area contributed by atoms with Gasteiger partial charge in [-0.15, -0.1) is 5.10 Å². The minimum Gasteiger partial charge on any atom is -0.466 e. The number of ether oxygens (including phenoxy) is 1. The lowest BCUT2D eigenvalue weighted by Crippen LogP contribution is -2.14. The number of aromatic amines is 1. The summed E-state index contributed by atoms with van der Waals surface area (Å²) in [5.41, 5.74) is -0.226. The average Bonchev–Trinajstić information content (AvgIpc) is 2.81. The third-order valence-corrected chi connectivity index (χ3v) is 2.45. The number of H-pyrrole nitrogens is 1. The molecule has 0 saturated carbocycles. The highest BCUT2D eigenvalue weighted by atomic mass is 35.5. The number of hydrogen-bond donors (Lipinski definition) is 2. The number of amides is 1. The van der Waals surface area contributed by atoms with Crippen molar-refractivity contribution in [2.75, 3.05) is 12.4 Å². The minimum absolute atomic E-state index is 0.0114. The Morgan fingerprint density at radius 2 is 2.11 bits per heavy atom. The quantitative estimate of drug-likeness (QED) is 0.847. The van der Waals surface area contributed by atoms with Crippen molar-refractivity contribution < 1.29 is 18.3 Å². The zero-order valence-electron chi connectivity index (χ0n) is 9.50. The Bertz CT molecular complexity index is 632. The molecule has 0 radical (unpaired) electrons. The maximum absolute atomic E-state index is 13.0. The summed E-state index contributed by atoms with van der Waals surface area (Å²) in [6.45, 7) is 0. The largest absolute Gasteiger partial charge is 0.466 e. The van der Waals surface area contributed by atoms with Gasteiger partial charge in [0, 0.05) is 0 Å². The highest BCUT2D eigenvalue weighted by molar-refractivity contribution is 6.34. The summed E-state index contributed by atoms with van der Waals surface area (Å²) in [7, 11) is 1.35. The van der Waals surface area contributed by atoms with E-state index in [-0.39, 0.29) is 22.5 Å². The first-order valence-electron chi connectivity index (χ1n) is 4.93. The first-order chi connectivity index (χ1) is 9.01. The fourth-order valence-electron chi connectivity index (χ4n) is 1.27. The molecule has 1 heterocycles. The number of rotatable bonds is 3. The molecular weight excluding hydrogens is 282 g/mol. The van der Waals surface area contributed by atoms with Gasteiger partial charge in [0.25, 0.3) is 5.91 Å². The van der Waals surface area contributed by atoms with E-state index in [0.29, 0.717) is 12.1 Å².